The molecule has 94 valence electrons. The third-order valence-electron chi connectivity index (χ3n) is 2.74. The molecule has 17 heavy (non-hydrogen) atoms. The van der Waals surface area contributed by atoms with Gasteiger partial charge in [0.2, 0.25) is 0 Å². The molecular weight excluding hydrogens is 223 g/mol. The monoisotopic (exact) mass is 240 g/mol. The van der Waals surface area contributed by atoms with Crippen molar-refractivity contribution in [3.05, 3.63) is 24.0 Å². The first kappa shape index (κ1) is 12.1. The Kier molecular flexibility index (Phi) is 4.17. The molecule has 1 aromatic rings. The van der Waals surface area contributed by atoms with E-state index in [4.69, 9.17) is 9.84 Å². The largest absolute Gasteiger partial charge is 0.491 e. The Balaban J connectivity index is 2.13. The predicted molar refractivity (Wildman–Crippen MR) is 64.1 cm³/mol. The molecule has 1 heterocycles. The van der Waals surface area contributed by atoms with Crippen LogP contribution in [0.2, 0.25) is 0 Å². The Labute approximate surface area is 100.0 Å². The number of piperazine rings is 1. The average molecular weight is 240 g/mol. The van der Waals surface area contributed by atoms with Crippen LogP contribution in [0.25, 0.3) is 0 Å². The highest BCUT2D eigenvalue weighted by Gasteiger charge is 2.15. The molecule has 0 saturated carbocycles. The van der Waals surface area contributed by atoms with Gasteiger partial charge in [0.15, 0.2) is 0 Å². The Morgan fingerprint density at radius 3 is 2.82 bits per heavy atom. The van der Waals surface area contributed by atoms with E-state index in [0.29, 0.717) is 11.4 Å². The number of benzene rings is 1. The maximum absolute atomic E-state index is 13.7. The number of aliphatic hydroxyl groups excluding tert-OH is 1. The van der Waals surface area contributed by atoms with Crippen molar-refractivity contribution in [3.8, 4) is 5.75 Å². The zero-order valence-electron chi connectivity index (χ0n) is 9.66. The van der Waals surface area contributed by atoms with E-state index in [1.165, 1.54) is 6.07 Å². The number of halogens is 1. The van der Waals surface area contributed by atoms with Crippen LogP contribution in [0, 0.1) is 5.82 Å². The fourth-order valence-corrected chi connectivity index (χ4v) is 1.89. The minimum Gasteiger partial charge on any atom is -0.491 e. The minimum absolute atomic E-state index is 0.0413. The van der Waals surface area contributed by atoms with Crippen LogP contribution in [0.4, 0.5) is 10.1 Å². The summed E-state index contributed by atoms with van der Waals surface area (Å²) >= 11 is 0. The molecule has 4 nitrogen and oxygen atoms in total. The number of aliphatic hydroxyl groups is 1. The summed E-state index contributed by atoms with van der Waals surface area (Å²) in [5.74, 6) is 0.359. The third kappa shape index (κ3) is 3.08. The molecule has 1 fully saturated rings. The Bertz CT molecular complexity index is 368. The molecule has 1 aliphatic heterocycles. The second-order valence-electron chi connectivity index (χ2n) is 3.92. The first-order valence-electron chi connectivity index (χ1n) is 5.80. The van der Waals surface area contributed by atoms with Crippen molar-refractivity contribution in [1.82, 2.24) is 5.32 Å². The lowest BCUT2D eigenvalue weighted by atomic mass is 10.2. The SMILES string of the molecule is OCCOc1ccc(F)c(N2CCNCC2)c1. The molecule has 1 saturated heterocycles. The molecule has 2 N–H and O–H groups in total. The van der Waals surface area contributed by atoms with Crippen LogP contribution < -0.4 is 15.0 Å². The van der Waals surface area contributed by atoms with E-state index in [1.807, 2.05) is 4.90 Å². The van der Waals surface area contributed by atoms with Crippen LogP contribution in [0.5, 0.6) is 5.75 Å². The maximum atomic E-state index is 13.7. The summed E-state index contributed by atoms with van der Waals surface area (Å²) in [6.07, 6.45) is 0. The highest BCUT2D eigenvalue weighted by molar-refractivity contribution is 5.52. The van der Waals surface area contributed by atoms with Gasteiger partial charge >= 0.3 is 0 Å². The number of ether oxygens (including phenoxy) is 1. The topological polar surface area (TPSA) is 44.7 Å². The molecule has 2 rings (SSSR count). The first-order chi connectivity index (χ1) is 8.31. The van der Waals surface area contributed by atoms with Crippen LogP contribution in [0.15, 0.2) is 18.2 Å². The average Bonchev–Trinajstić information content (AvgIpc) is 2.39. The lowest BCUT2D eigenvalue weighted by Gasteiger charge is -2.29. The Hall–Kier alpha value is -1.33. The molecule has 0 bridgehead atoms. The zero-order chi connectivity index (χ0) is 12.1. The van der Waals surface area contributed by atoms with Crippen molar-refractivity contribution in [2.24, 2.45) is 0 Å². The van der Waals surface area contributed by atoms with E-state index in [0.717, 1.165) is 26.2 Å². The van der Waals surface area contributed by atoms with Gasteiger partial charge in [0.25, 0.3) is 0 Å². The number of hydrogen-bond donors (Lipinski definition) is 2. The van der Waals surface area contributed by atoms with Crippen LogP contribution in [-0.2, 0) is 0 Å². The lowest BCUT2D eigenvalue weighted by Crippen LogP contribution is -2.43. The standard InChI is InChI=1S/C12H17FN2O2/c13-11-2-1-10(17-8-7-16)9-12(11)15-5-3-14-4-6-15/h1-2,9,14,16H,3-8H2. The van der Waals surface area contributed by atoms with Crippen molar-refractivity contribution in [2.45, 2.75) is 0 Å². The fraction of sp³-hybridized carbons (Fsp3) is 0.500. The van der Waals surface area contributed by atoms with Gasteiger partial charge in [-0.1, -0.05) is 0 Å². The first-order valence-corrected chi connectivity index (χ1v) is 5.80. The fourth-order valence-electron chi connectivity index (χ4n) is 1.89. The molecule has 0 radical (unpaired) electrons. The van der Waals surface area contributed by atoms with E-state index >= 15 is 0 Å². The smallest absolute Gasteiger partial charge is 0.146 e. The van der Waals surface area contributed by atoms with Crippen molar-refractivity contribution in [1.29, 1.82) is 0 Å². The van der Waals surface area contributed by atoms with E-state index in [2.05, 4.69) is 5.32 Å². The van der Waals surface area contributed by atoms with Gasteiger partial charge in [0, 0.05) is 32.2 Å². The number of rotatable bonds is 4. The van der Waals surface area contributed by atoms with Gasteiger partial charge in [0.1, 0.15) is 18.2 Å². The summed E-state index contributed by atoms with van der Waals surface area (Å²) < 4.78 is 19.0. The summed E-state index contributed by atoms with van der Waals surface area (Å²) in [6.45, 7) is 3.50. The van der Waals surface area contributed by atoms with Gasteiger partial charge in [-0.25, -0.2) is 4.39 Å². The molecule has 0 aromatic heterocycles. The summed E-state index contributed by atoms with van der Waals surface area (Å²) in [6, 6.07) is 4.68. The van der Waals surface area contributed by atoms with Gasteiger partial charge in [-0.3, -0.25) is 0 Å². The number of hydrogen-bond acceptors (Lipinski definition) is 4. The lowest BCUT2D eigenvalue weighted by molar-refractivity contribution is 0.201. The Morgan fingerprint density at radius 1 is 1.35 bits per heavy atom. The molecule has 1 aliphatic rings. The molecule has 1 aromatic carbocycles. The summed E-state index contributed by atoms with van der Waals surface area (Å²) in [5.41, 5.74) is 0.571. The van der Waals surface area contributed by atoms with E-state index < -0.39 is 0 Å². The second-order valence-corrected chi connectivity index (χ2v) is 3.92. The minimum atomic E-state index is -0.233. The van der Waals surface area contributed by atoms with Gasteiger partial charge in [-0.15, -0.1) is 0 Å². The third-order valence-corrected chi connectivity index (χ3v) is 2.74. The summed E-state index contributed by atoms with van der Waals surface area (Å²) in [7, 11) is 0. The Morgan fingerprint density at radius 2 is 2.12 bits per heavy atom. The molecule has 0 unspecified atom stereocenters. The quantitative estimate of drug-likeness (QED) is 0.809. The molecule has 5 heteroatoms. The molecule has 0 aliphatic carbocycles. The summed E-state index contributed by atoms with van der Waals surface area (Å²) in [4.78, 5) is 2.00. The normalized spacial score (nSPS) is 16.0. The molecule has 0 amide bonds. The van der Waals surface area contributed by atoms with Gasteiger partial charge in [0.05, 0.1) is 12.3 Å². The molecule has 0 atom stereocenters. The van der Waals surface area contributed by atoms with Gasteiger partial charge in [-0.2, -0.15) is 0 Å². The highest BCUT2D eigenvalue weighted by atomic mass is 19.1. The molecule has 0 spiro atoms. The van der Waals surface area contributed by atoms with Crippen LogP contribution >= 0.6 is 0 Å². The van der Waals surface area contributed by atoms with Crippen LogP contribution in [-0.4, -0.2) is 44.5 Å². The maximum Gasteiger partial charge on any atom is 0.146 e. The summed E-state index contributed by atoms with van der Waals surface area (Å²) in [5, 5.41) is 11.9. The molecular formula is C12H17FN2O2. The highest BCUT2D eigenvalue weighted by Crippen LogP contribution is 2.25. The van der Waals surface area contributed by atoms with E-state index in [-0.39, 0.29) is 19.0 Å². The predicted octanol–water partition coefficient (Wildman–Crippen LogP) is 0.606. The van der Waals surface area contributed by atoms with Crippen LogP contribution in [0.3, 0.4) is 0 Å². The number of nitrogens with zero attached hydrogens (tertiary/aromatic N) is 1. The van der Waals surface area contributed by atoms with Crippen molar-refractivity contribution in [2.75, 3.05) is 44.3 Å². The zero-order valence-corrected chi connectivity index (χ0v) is 9.66. The van der Waals surface area contributed by atoms with Crippen molar-refractivity contribution >= 4 is 5.69 Å². The van der Waals surface area contributed by atoms with Gasteiger partial charge < -0.3 is 20.1 Å². The van der Waals surface area contributed by atoms with Gasteiger partial charge in [-0.05, 0) is 12.1 Å². The second kappa shape index (κ2) is 5.84. The van der Waals surface area contributed by atoms with E-state index in [1.54, 1.807) is 12.1 Å². The number of anilines is 1. The van der Waals surface area contributed by atoms with Crippen molar-refractivity contribution < 1.29 is 14.2 Å². The van der Waals surface area contributed by atoms with E-state index in [9.17, 15) is 4.39 Å². The number of nitrogens with one attached hydrogen (secondary N) is 1. The van der Waals surface area contributed by atoms with Crippen LogP contribution in [0.1, 0.15) is 0 Å². The van der Waals surface area contributed by atoms with Crippen molar-refractivity contribution in [3.63, 3.8) is 0 Å².